The van der Waals surface area contributed by atoms with Crippen molar-refractivity contribution in [3.8, 4) is 5.75 Å². The Bertz CT molecular complexity index is 507. The minimum atomic E-state index is -0.0476. The summed E-state index contributed by atoms with van der Waals surface area (Å²) < 4.78 is 0. The summed E-state index contributed by atoms with van der Waals surface area (Å²) in [5.74, 6) is 1.89. The Balaban J connectivity index is 3.18. The number of rotatable bonds is 7. The first kappa shape index (κ1) is 22.1. The first-order valence-corrected chi connectivity index (χ1v) is 10.3. The summed E-state index contributed by atoms with van der Waals surface area (Å²) in [6.45, 7) is 20.1. The highest BCUT2D eigenvalue weighted by Crippen LogP contribution is 2.41. The molecule has 0 fully saturated rings. The molecule has 0 amide bonds. The van der Waals surface area contributed by atoms with Gasteiger partial charge in [0.2, 0.25) is 0 Å². The second-order valence-electron chi connectivity index (χ2n) is 10.0. The van der Waals surface area contributed by atoms with Crippen LogP contribution in [0.15, 0.2) is 12.1 Å². The number of phenolic OH excluding ortho intramolecular Hbond substituents is 1. The van der Waals surface area contributed by atoms with E-state index < -0.39 is 0 Å². The van der Waals surface area contributed by atoms with E-state index in [0.717, 1.165) is 17.0 Å². The third-order valence-corrected chi connectivity index (χ3v) is 5.60. The molecule has 1 rings (SSSR count). The number of aromatic hydroxyl groups is 1. The topological polar surface area (TPSA) is 20.2 Å². The second-order valence-corrected chi connectivity index (χ2v) is 10.0. The van der Waals surface area contributed by atoms with Crippen molar-refractivity contribution in [1.82, 2.24) is 0 Å². The maximum absolute atomic E-state index is 10.9. The molecule has 0 aliphatic rings. The molecule has 2 unspecified atom stereocenters. The fourth-order valence-corrected chi connectivity index (χ4v) is 3.70. The molecule has 1 aromatic rings. The van der Waals surface area contributed by atoms with E-state index in [1.807, 2.05) is 0 Å². The molecule has 0 aliphatic carbocycles. The number of hydrogen-bond donors (Lipinski definition) is 1. The molecule has 0 saturated heterocycles. The molecule has 1 N–H and O–H groups in total. The quantitative estimate of drug-likeness (QED) is 0.536. The van der Waals surface area contributed by atoms with Crippen molar-refractivity contribution >= 4 is 0 Å². The number of benzene rings is 1. The molecule has 0 heterocycles. The summed E-state index contributed by atoms with van der Waals surface area (Å²) in [7, 11) is 0. The smallest absolute Gasteiger partial charge is 0.123 e. The Morgan fingerprint density at radius 1 is 0.840 bits per heavy atom. The Morgan fingerprint density at radius 3 is 1.68 bits per heavy atom. The lowest BCUT2D eigenvalue weighted by Crippen LogP contribution is -2.18. The molecule has 0 aliphatic heterocycles. The molecular formula is C24H42O. The minimum Gasteiger partial charge on any atom is -0.507 e. The minimum absolute atomic E-state index is 0.0476. The zero-order valence-corrected chi connectivity index (χ0v) is 18.3. The first-order valence-electron chi connectivity index (χ1n) is 10.3. The molecule has 144 valence electrons. The molecule has 1 aromatic carbocycles. The van der Waals surface area contributed by atoms with E-state index in [9.17, 15) is 5.11 Å². The van der Waals surface area contributed by atoms with E-state index in [1.165, 1.54) is 37.7 Å². The van der Waals surface area contributed by atoms with Gasteiger partial charge in [0.05, 0.1) is 0 Å². The van der Waals surface area contributed by atoms with E-state index in [4.69, 9.17) is 0 Å². The Kier molecular flexibility index (Phi) is 7.59. The molecule has 0 aromatic heterocycles. The normalized spacial score (nSPS) is 15.2. The monoisotopic (exact) mass is 346 g/mol. The van der Waals surface area contributed by atoms with Crippen LogP contribution in [0.4, 0.5) is 0 Å². The van der Waals surface area contributed by atoms with E-state index in [2.05, 4.69) is 74.4 Å². The summed E-state index contributed by atoms with van der Waals surface area (Å²) in [5.41, 5.74) is 3.46. The summed E-state index contributed by atoms with van der Waals surface area (Å²) in [4.78, 5) is 0. The van der Waals surface area contributed by atoms with Crippen LogP contribution in [-0.4, -0.2) is 5.11 Å². The van der Waals surface area contributed by atoms with Crippen LogP contribution in [0.2, 0.25) is 0 Å². The average Bonchev–Trinajstić information content (AvgIpc) is 2.48. The van der Waals surface area contributed by atoms with Gasteiger partial charge in [-0.3, -0.25) is 0 Å². The van der Waals surface area contributed by atoms with Crippen LogP contribution in [0.3, 0.4) is 0 Å². The molecule has 0 spiro atoms. The van der Waals surface area contributed by atoms with E-state index in [1.54, 1.807) is 0 Å². The van der Waals surface area contributed by atoms with E-state index in [0.29, 0.717) is 11.7 Å². The van der Waals surface area contributed by atoms with Gasteiger partial charge in [-0.1, -0.05) is 93.7 Å². The average molecular weight is 347 g/mol. The summed E-state index contributed by atoms with van der Waals surface area (Å²) in [5, 5.41) is 10.9. The maximum Gasteiger partial charge on any atom is 0.123 e. The SMILES string of the molecule is CCCC(CC)CCC(C)c1cc(C(C)(C)C)c(O)c(C(C)(C)C)c1. The van der Waals surface area contributed by atoms with Gasteiger partial charge in [-0.15, -0.1) is 0 Å². The van der Waals surface area contributed by atoms with Crippen molar-refractivity contribution in [3.05, 3.63) is 28.8 Å². The fraction of sp³-hybridized carbons (Fsp3) is 0.750. The molecule has 2 atom stereocenters. The Labute approximate surface area is 157 Å². The summed E-state index contributed by atoms with van der Waals surface area (Å²) >= 11 is 0. The van der Waals surface area contributed by atoms with Gasteiger partial charge in [-0.05, 0) is 52.2 Å². The largest absolute Gasteiger partial charge is 0.507 e. The summed E-state index contributed by atoms with van der Waals surface area (Å²) in [6, 6.07) is 4.52. The molecule has 0 bridgehead atoms. The van der Waals surface area contributed by atoms with Crippen molar-refractivity contribution in [3.63, 3.8) is 0 Å². The van der Waals surface area contributed by atoms with Crippen molar-refractivity contribution in [2.24, 2.45) is 5.92 Å². The van der Waals surface area contributed by atoms with Gasteiger partial charge in [-0.2, -0.15) is 0 Å². The van der Waals surface area contributed by atoms with Gasteiger partial charge in [0.1, 0.15) is 5.75 Å². The fourth-order valence-electron chi connectivity index (χ4n) is 3.70. The highest BCUT2D eigenvalue weighted by Gasteiger charge is 2.27. The standard InChI is InChI=1S/C24H42O/c1-10-12-18(11-2)14-13-17(3)19-15-20(23(4,5)6)22(25)21(16-19)24(7,8)9/h15-18,25H,10-14H2,1-9H3. The zero-order chi connectivity index (χ0) is 19.4. The van der Waals surface area contributed by atoms with Gasteiger partial charge in [0.25, 0.3) is 0 Å². The first-order chi connectivity index (χ1) is 11.4. The Morgan fingerprint density at radius 2 is 1.32 bits per heavy atom. The molecule has 0 saturated carbocycles. The molecule has 25 heavy (non-hydrogen) atoms. The van der Waals surface area contributed by atoms with Crippen LogP contribution in [0, 0.1) is 5.92 Å². The highest BCUT2D eigenvalue weighted by molar-refractivity contribution is 5.50. The Hall–Kier alpha value is -0.980. The summed E-state index contributed by atoms with van der Waals surface area (Å²) in [6.07, 6.45) is 6.46. The second kappa shape index (κ2) is 8.60. The van der Waals surface area contributed by atoms with E-state index >= 15 is 0 Å². The highest BCUT2D eigenvalue weighted by atomic mass is 16.3. The third-order valence-electron chi connectivity index (χ3n) is 5.60. The molecule has 1 nitrogen and oxygen atoms in total. The van der Waals surface area contributed by atoms with Crippen LogP contribution < -0.4 is 0 Å². The van der Waals surface area contributed by atoms with Gasteiger partial charge in [0.15, 0.2) is 0 Å². The number of phenols is 1. The predicted molar refractivity (Wildman–Crippen MR) is 112 cm³/mol. The van der Waals surface area contributed by atoms with Crippen LogP contribution in [0.5, 0.6) is 5.75 Å². The van der Waals surface area contributed by atoms with Crippen molar-refractivity contribution in [1.29, 1.82) is 0 Å². The van der Waals surface area contributed by atoms with Crippen LogP contribution >= 0.6 is 0 Å². The lowest BCUT2D eigenvalue weighted by atomic mass is 9.76. The van der Waals surface area contributed by atoms with Crippen molar-refractivity contribution < 1.29 is 5.11 Å². The van der Waals surface area contributed by atoms with Crippen molar-refractivity contribution in [2.75, 3.05) is 0 Å². The lowest BCUT2D eigenvalue weighted by Gasteiger charge is -2.29. The van der Waals surface area contributed by atoms with Gasteiger partial charge < -0.3 is 5.11 Å². The van der Waals surface area contributed by atoms with Crippen LogP contribution in [0.1, 0.15) is 117 Å². The van der Waals surface area contributed by atoms with Crippen LogP contribution in [-0.2, 0) is 10.8 Å². The molecular weight excluding hydrogens is 304 g/mol. The molecule has 0 radical (unpaired) electrons. The lowest BCUT2D eigenvalue weighted by molar-refractivity contribution is 0.402. The number of hydrogen-bond acceptors (Lipinski definition) is 1. The van der Waals surface area contributed by atoms with Gasteiger partial charge in [0, 0.05) is 0 Å². The van der Waals surface area contributed by atoms with Gasteiger partial charge >= 0.3 is 0 Å². The maximum atomic E-state index is 10.9. The van der Waals surface area contributed by atoms with Gasteiger partial charge in [-0.25, -0.2) is 0 Å². The third kappa shape index (κ3) is 6.04. The van der Waals surface area contributed by atoms with Crippen molar-refractivity contribution in [2.45, 2.75) is 111 Å². The predicted octanol–water partition coefficient (Wildman–Crippen LogP) is 7.70. The van der Waals surface area contributed by atoms with E-state index in [-0.39, 0.29) is 10.8 Å². The molecule has 1 heteroatoms. The zero-order valence-electron chi connectivity index (χ0n) is 18.3. The van der Waals surface area contributed by atoms with Crippen LogP contribution in [0.25, 0.3) is 0 Å².